The topological polar surface area (TPSA) is 75.1 Å². The molecule has 0 aliphatic carbocycles. The predicted molar refractivity (Wildman–Crippen MR) is 114 cm³/mol. The fourth-order valence-electron chi connectivity index (χ4n) is 3.96. The van der Waals surface area contributed by atoms with Gasteiger partial charge in [-0.1, -0.05) is 0 Å². The Kier molecular flexibility index (Phi) is 8.10. The Morgan fingerprint density at radius 2 is 1.93 bits per heavy atom. The predicted octanol–water partition coefficient (Wildman–Crippen LogP) is 2.12. The van der Waals surface area contributed by atoms with Gasteiger partial charge in [0, 0.05) is 38.2 Å². The first-order valence-corrected chi connectivity index (χ1v) is 9.47. The Morgan fingerprint density at radius 1 is 1.18 bits per heavy atom. The Bertz CT molecular complexity index is 743. The maximum atomic E-state index is 13.1. The molecule has 0 saturated carbocycles. The average Bonchev–Trinajstić information content (AvgIpc) is 3.41. The second-order valence-electron chi connectivity index (χ2n) is 7.13. The van der Waals surface area contributed by atoms with E-state index in [2.05, 4.69) is 31.7 Å². The van der Waals surface area contributed by atoms with Gasteiger partial charge >= 0.3 is 0 Å². The third-order valence-corrected chi connectivity index (χ3v) is 5.49. The molecule has 28 heavy (non-hydrogen) atoms. The number of nitrogens with zero attached hydrogens (tertiary/aromatic N) is 4. The number of carbonyl (C=O) groups excluding carboxylic acids is 1. The van der Waals surface area contributed by atoms with Crippen molar-refractivity contribution < 1.29 is 4.79 Å². The smallest absolute Gasteiger partial charge is 0.248 e. The molecule has 0 aromatic carbocycles. The van der Waals surface area contributed by atoms with Crippen molar-refractivity contribution in [3.63, 3.8) is 0 Å². The summed E-state index contributed by atoms with van der Waals surface area (Å²) in [5, 5.41) is 10.8. The van der Waals surface area contributed by atoms with Gasteiger partial charge in [-0.25, -0.2) is 4.98 Å². The third kappa shape index (κ3) is 4.59. The first kappa shape index (κ1) is 22.5. The fraction of sp³-hybridized carbons (Fsp3) is 0.526. The summed E-state index contributed by atoms with van der Waals surface area (Å²) >= 11 is 0. The summed E-state index contributed by atoms with van der Waals surface area (Å²) in [6.45, 7) is 4.29. The normalized spacial score (nSPS) is 18.1. The van der Waals surface area contributed by atoms with Crippen molar-refractivity contribution in [2.75, 3.05) is 31.1 Å². The van der Waals surface area contributed by atoms with Gasteiger partial charge in [0.1, 0.15) is 11.4 Å². The van der Waals surface area contributed by atoms with Gasteiger partial charge in [-0.05, 0) is 62.5 Å². The minimum Gasteiger partial charge on any atom is -0.357 e. The van der Waals surface area contributed by atoms with E-state index in [9.17, 15) is 4.79 Å². The minimum absolute atomic E-state index is 0. The lowest BCUT2D eigenvalue weighted by atomic mass is 9.87. The monoisotopic (exact) mass is 426 g/mol. The molecule has 0 atom stereocenters. The van der Waals surface area contributed by atoms with Crippen molar-refractivity contribution in [3.05, 3.63) is 42.4 Å². The number of carbonyl (C=O) groups is 1. The number of amides is 1. The van der Waals surface area contributed by atoms with E-state index >= 15 is 0 Å². The van der Waals surface area contributed by atoms with Crippen LogP contribution in [0.1, 0.15) is 31.2 Å². The van der Waals surface area contributed by atoms with Crippen molar-refractivity contribution >= 4 is 36.5 Å². The number of aromatic nitrogens is 3. The van der Waals surface area contributed by atoms with E-state index in [0.29, 0.717) is 6.54 Å². The highest BCUT2D eigenvalue weighted by atomic mass is 35.5. The summed E-state index contributed by atoms with van der Waals surface area (Å²) < 4.78 is 1.82. The summed E-state index contributed by atoms with van der Waals surface area (Å²) in [7, 11) is 0. The van der Waals surface area contributed by atoms with Crippen molar-refractivity contribution in [2.45, 2.75) is 37.8 Å². The molecule has 2 fully saturated rings. The highest BCUT2D eigenvalue weighted by Gasteiger charge is 2.41. The first-order chi connectivity index (χ1) is 12.8. The number of nitrogens with one attached hydrogen (secondary N) is 2. The van der Waals surface area contributed by atoms with Gasteiger partial charge in [0.25, 0.3) is 0 Å². The summed E-state index contributed by atoms with van der Waals surface area (Å²) in [4.78, 5) is 19.9. The van der Waals surface area contributed by atoms with E-state index in [4.69, 9.17) is 0 Å². The van der Waals surface area contributed by atoms with Crippen LogP contribution in [0.15, 0.2) is 36.8 Å². The number of piperidine rings is 1. The van der Waals surface area contributed by atoms with E-state index in [1.165, 1.54) is 12.8 Å². The number of hydrogen-bond donors (Lipinski definition) is 2. The minimum atomic E-state index is -0.598. The van der Waals surface area contributed by atoms with E-state index in [1.54, 1.807) is 6.20 Å². The van der Waals surface area contributed by atoms with Crippen LogP contribution in [0.25, 0.3) is 0 Å². The van der Waals surface area contributed by atoms with Crippen molar-refractivity contribution in [3.8, 4) is 0 Å². The van der Waals surface area contributed by atoms with Crippen LogP contribution in [0.2, 0.25) is 0 Å². The SMILES string of the molecule is Cl.Cl.O=C(NCc1ccnc(N2CCCC2)c1)C1(n2cccn2)CCNCC1. The van der Waals surface area contributed by atoms with Gasteiger partial charge in [0.15, 0.2) is 0 Å². The van der Waals surface area contributed by atoms with Gasteiger partial charge in [-0.3, -0.25) is 9.48 Å². The average molecular weight is 427 g/mol. The molecule has 4 heterocycles. The maximum Gasteiger partial charge on any atom is 0.248 e. The van der Waals surface area contributed by atoms with Gasteiger partial charge < -0.3 is 15.5 Å². The molecular formula is C19H28Cl2N6O. The van der Waals surface area contributed by atoms with Crippen LogP contribution >= 0.6 is 24.8 Å². The third-order valence-electron chi connectivity index (χ3n) is 5.49. The van der Waals surface area contributed by atoms with Crippen LogP contribution in [0.3, 0.4) is 0 Å². The molecule has 2 saturated heterocycles. The van der Waals surface area contributed by atoms with Crippen molar-refractivity contribution in [1.82, 2.24) is 25.4 Å². The van der Waals surface area contributed by atoms with Crippen molar-refractivity contribution in [1.29, 1.82) is 0 Å². The second-order valence-corrected chi connectivity index (χ2v) is 7.13. The molecule has 2 N–H and O–H groups in total. The standard InChI is InChI=1S/C19H26N6O.2ClH/c26-18(19(5-9-20-10-6-19)25-13-3-7-23-25)22-15-16-4-8-21-17(14-16)24-11-1-2-12-24;;/h3-4,7-8,13-14,20H,1-2,5-6,9-12,15H2,(H,22,26);2*1H. The number of halogens is 2. The lowest BCUT2D eigenvalue weighted by Crippen LogP contribution is -2.54. The highest BCUT2D eigenvalue weighted by Crippen LogP contribution is 2.27. The fourth-order valence-corrected chi connectivity index (χ4v) is 3.96. The Balaban J connectivity index is 0.00000140. The van der Waals surface area contributed by atoms with Gasteiger partial charge in [-0.2, -0.15) is 5.10 Å². The van der Waals surface area contributed by atoms with Crippen LogP contribution in [-0.2, 0) is 16.9 Å². The molecule has 9 heteroatoms. The zero-order valence-electron chi connectivity index (χ0n) is 15.8. The molecule has 0 unspecified atom stereocenters. The van der Waals surface area contributed by atoms with Gasteiger partial charge in [0.05, 0.1) is 0 Å². The molecule has 2 aromatic heterocycles. The molecule has 4 rings (SSSR count). The molecule has 1 amide bonds. The van der Waals surface area contributed by atoms with Crippen LogP contribution in [0.5, 0.6) is 0 Å². The highest BCUT2D eigenvalue weighted by molar-refractivity contribution is 5.85. The molecule has 0 spiro atoms. The summed E-state index contributed by atoms with van der Waals surface area (Å²) in [5.41, 5.74) is 0.485. The van der Waals surface area contributed by atoms with E-state index in [0.717, 1.165) is 50.4 Å². The summed E-state index contributed by atoms with van der Waals surface area (Å²) in [6.07, 6.45) is 9.41. The summed E-state index contributed by atoms with van der Waals surface area (Å²) in [6, 6.07) is 5.94. The number of pyridine rings is 1. The number of anilines is 1. The summed E-state index contributed by atoms with van der Waals surface area (Å²) in [5.74, 6) is 1.06. The van der Waals surface area contributed by atoms with Gasteiger partial charge in [-0.15, -0.1) is 24.8 Å². The van der Waals surface area contributed by atoms with E-state index < -0.39 is 5.54 Å². The Hall–Kier alpha value is -1.83. The van der Waals surface area contributed by atoms with E-state index in [-0.39, 0.29) is 30.7 Å². The zero-order valence-corrected chi connectivity index (χ0v) is 17.5. The lowest BCUT2D eigenvalue weighted by molar-refractivity contribution is -0.132. The lowest BCUT2D eigenvalue weighted by Gasteiger charge is -2.36. The number of hydrogen-bond acceptors (Lipinski definition) is 5. The molecule has 0 bridgehead atoms. The van der Waals surface area contributed by atoms with Crippen LogP contribution in [0, 0.1) is 0 Å². The first-order valence-electron chi connectivity index (χ1n) is 9.47. The molecule has 154 valence electrons. The maximum absolute atomic E-state index is 13.1. The number of rotatable bonds is 5. The molecular weight excluding hydrogens is 399 g/mol. The Labute approximate surface area is 178 Å². The quantitative estimate of drug-likeness (QED) is 0.765. The van der Waals surface area contributed by atoms with Crippen molar-refractivity contribution in [2.24, 2.45) is 0 Å². The second kappa shape index (κ2) is 10.1. The van der Waals surface area contributed by atoms with Crippen LogP contribution in [0.4, 0.5) is 5.82 Å². The molecule has 0 radical (unpaired) electrons. The Morgan fingerprint density at radius 3 is 2.61 bits per heavy atom. The molecule has 2 aromatic rings. The molecule has 7 nitrogen and oxygen atoms in total. The molecule has 2 aliphatic heterocycles. The van der Waals surface area contributed by atoms with Gasteiger partial charge in [0.2, 0.25) is 5.91 Å². The zero-order chi connectivity index (χ0) is 17.8. The van der Waals surface area contributed by atoms with E-state index in [1.807, 2.05) is 29.2 Å². The van der Waals surface area contributed by atoms with Crippen LogP contribution in [-0.4, -0.2) is 46.9 Å². The van der Waals surface area contributed by atoms with Crippen LogP contribution < -0.4 is 15.5 Å². The largest absolute Gasteiger partial charge is 0.357 e. The molecule has 2 aliphatic rings.